The maximum atomic E-state index is 11.6. The number of hydrogen-bond donors (Lipinski definition) is 0. The largest absolute Gasteiger partial charge is 0.469 e. The van der Waals surface area contributed by atoms with Gasteiger partial charge in [0.2, 0.25) is 0 Å². The molecule has 0 unspecified atom stereocenters. The quantitative estimate of drug-likeness (QED) is 0.871. The van der Waals surface area contributed by atoms with Crippen LogP contribution in [0.15, 0.2) is 34.0 Å². The summed E-state index contributed by atoms with van der Waals surface area (Å²) in [4.78, 5) is 15.7. The lowest BCUT2D eigenvalue weighted by Crippen LogP contribution is -2.18. The van der Waals surface area contributed by atoms with Gasteiger partial charge in [-0.15, -0.1) is 0 Å². The molecule has 2 rings (SSSR count). The normalized spacial score (nSPS) is 12.7. The Morgan fingerprint density at radius 3 is 2.81 bits per heavy atom. The third kappa shape index (κ3) is 4.07. The molecular weight excluding hydrogens is 288 g/mol. The fourth-order valence-corrected chi connectivity index (χ4v) is 2.76. The number of amides is 1. The summed E-state index contributed by atoms with van der Waals surface area (Å²) in [6, 6.07) is 3.76. The Labute approximate surface area is 128 Å². The Bertz CT molecular complexity index is 660. The van der Waals surface area contributed by atoms with Gasteiger partial charge in [0.05, 0.1) is 12.9 Å². The second-order valence-electron chi connectivity index (χ2n) is 5.61. The third-order valence-corrected chi connectivity index (χ3v) is 4.18. The molecule has 0 aliphatic carbocycles. The summed E-state index contributed by atoms with van der Waals surface area (Å²) in [5.41, 5.74) is 0.892. The molecule has 0 aliphatic rings. The zero-order chi connectivity index (χ0) is 15.5. The molecule has 0 spiro atoms. The maximum absolute atomic E-state index is 11.6. The van der Waals surface area contributed by atoms with Crippen molar-refractivity contribution < 1.29 is 13.9 Å². The van der Waals surface area contributed by atoms with Crippen LogP contribution in [0.25, 0.3) is 0 Å². The SMILES string of the molecule is CCOC(=O)N=c1sn(C(C)(C)C)cc1Cc1ccco1. The van der Waals surface area contributed by atoms with Crippen LogP contribution in [0.4, 0.5) is 4.79 Å². The molecule has 0 saturated heterocycles. The van der Waals surface area contributed by atoms with Crippen LogP contribution in [0.1, 0.15) is 39.0 Å². The van der Waals surface area contributed by atoms with Gasteiger partial charge in [-0.05, 0) is 51.4 Å². The van der Waals surface area contributed by atoms with E-state index in [1.807, 2.05) is 18.3 Å². The first-order chi connectivity index (χ1) is 9.90. The van der Waals surface area contributed by atoms with E-state index in [1.165, 1.54) is 11.5 Å². The van der Waals surface area contributed by atoms with Gasteiger partial charge in [-0.3, -0.25) is 3.96 Å². The van der Waals surface area contributed by atoms with Crippen LogP contribution in [0, 0.1) is 0 Å². The Hall–Kier alpha value is -1.82. The van der Waals surface area contributed by atoms with E-state index in [9.17, 15) is 4.79 Å². The molecule has 0 N–H and O–H groups in total. The van der Waals surface area contributed by atoms with Gasteiger partial charge in [-0.2, -0.15) is 4.99 Å². The monoisotopic (exact) mass is 308 g/mol. The van der Waals surface area contributed by atoms with E-state index in [-0.39, 0.29) is 5.54 Å². The van der Waals surface area contributed by atoms with Crippen molar-refractivity contribution >= 4 is 17.6 Å². The number of ether oxygens (including phenoxy) is 1. The van der Waals surface area contributed by atoms with Gasteiger partial charge in [-0.1, -0.05) is 0 Å². The summed E-state index contributed by atoms with van der Waals surface area (Å²) in [6.45, 7) is 8.40. The van der Waals surface area contributed by atoms with Crippen LogP contribution < -0.4 is 4.67 Å². The Morgan fingerprint density at radius 2 is 2.24 bits per heavy atom. The smallest absolute Gasteiger partial charge is 0.434 e. The Balaban J connectivity index is 2.41. The van der Waals surface area contributed by atoms with Crippen LogP contribution in [-0.4, -0.2) is 16.7 Å². The number of carbonyl (C=O) groups is 1. The number of carbonyl (C=O) groups excluding carboxylic acids is 1. The van der Waals surface area contributed by atoms with E-state index in [1.54, 1.807) is 13.2 Å². The van der Waals surface area contributed by atoms with E-state index in [2.05, 4.69) is 29.7 Å². The van der Waals surface area contributed by atoms with E-state index < -0.39 is 6.09 Å². The third-order valence-electron chi connectivity index (χ3n) is 2.80. The van der Waals surface area contributed by atoms with Crippen molar-refractivity contribution in [2.24, 2.45) is 4.99 Å². The van der Waals surface area contributed by atoms with Crippen molar-refractivity contribution in [1.29, 1.82) is 0 Å². The second kappa shape index (κ2) is 6.30. The lowest BCUT2D eigenvalue weighted by atomic mass is 10.1. The van der Waals surface area contributed by atoms with E-state index in [0.29, 0.717) is 17.7 Å². The first-order valence-electron chi connectivity index (χ1n) is 6.86. The van der Waals surface area contributed by atoms with E-state index >= 15 is 0 Å². The molecule has 21 heavy (non-hydrogen) atoms. The van der Waals surface area contributed by atoms with Gasteiger partial charge in [0.15, 0.2) is 0 Å². The van der Waals surface area contributed by atoms with Gasteiger partial charge in [0.1, 0.15) is 10.4 Å². The molecule has 0 radical (unpaired) electrons. The van der Waals surface area contributed by atoms with Crippen LogP contribution in [-0.2, 0) is 16.7 Å². The average Bonchev–Trinajstić information content (AvgIpc) is 3.00. The number of hydrogen-bond acceptors (Lipinski definition) is 4. The zero-order valence-electron chi connectivity index (χ0n) is 12.8. The summed E-state index contributed by atoms with van der Waals surface area (Å²) in [7, 11) is 0. The predicted octanol–water partition coefficient (Wildman–Crippen LogP) is 3.55. The highest BCUT2D eigenvalue weighted by atomic mass is 32.1. The Kier molecular flexibility index (Phi) is 4.67. The lowest BCUT2D eigenvalue weighted by molar-refractivity contribution is 0.162. The zero-order valence-corrected chi connectivity index (χ0v) is 13.6. The molecule has 0 bridgehead atoms. The van der Waals surface area contributed by atoms with Crippen LogP contribution in [0.3, 0.4) is 0 Å². The molecule has 2 heterocycles. The lowest BCUT2D eigenvalue weighted by Gasteiger charge is -2.19. The van der Waals surface area contributed by atoms with E-state index in [4.69, 9.17) is 9.15 Å². The summed E-state index contributed by atoms with van der Waals surface area (Å²) in [5, 5.41) is 0. The summed E-state index contributed by atoms with van der Waals surface area (Å²) < 4.78 is 13.0. The molecule has 2 aromatic rings. The van der Waals surface area contributed by atoms with Gasteiger partial charge >= 0.3 is 6.09 Å². The number of nitrogens with zero attached hydrogens (tertiary/aromatic N) is 2. The molecule has 1 amide bonds. The standard InChI is InChI=1S/C15H20N2O3S/c1-5-19-14(18)16-13-11(9-12-7-6-8-20-12)10-17(21-13)15(2,3)4/h6-8,10H,5,9H2,1-4H3. The van der Waals surface area contributed by atoms with Crippen LogP contribution in [0.2, 0.25) is 0 Å². The maximum Gasteiger partial charge on any atom is 0.434 e. The van der Waals surface area contributed by atoms with Crippen molar-refractivity contribution in [3.05, 3.63) is 40.6 Å². The van der Waals surface area contributed by atoms with Gasteiger partial charge in [0, 0.05) is 23.7 Å². The minimum Gasteiger partial charge on any atom is -0.469 e. The summed E-state index contributed by atoms with van der Waals surface area (Å²) >= 11 is 1.45. The van der Waals surface area contributed by atoms with Crippen molar-refractivity contribution in [3.63, 3.8) is 0 Å². The first kappa shape index (κ1) is 15.6. The minimum atomic E-state index is -0.555. The molecular formula is C15H20N2O3S. The summed E-state index contributed by atoms with van der Waals surface area (Å²) in [5.74, 6) is 0.842. The van der Waals surface area contributed by atoms with Crippen LogP contribution >= 0.6 is 11.5 Å². The Morgan fingerprint density at radius 1 is 1.48 bits per heavy atom. The van der Waals surface area contributed by atoms with Crippen molar-refractivity contribution in [2.75, 3.05) is 6.61 Å². The average molecular weight is 308 g/mol. The molecule has 0 fully saturated rings. The van der Waals surface area contributed by atoms with E-state index in [0.717, 1.165) is 11.3 Å². The van der Waals surface area contributed by atoms with Crippen LogP contribution in [0.5, 0.6) is 0 Å². The van der Waals surface area contributed by atoms with Crippen molar-refractivity contribution in [2.45, 2.75) is 39.7 Å². The fourth-order valence-electron chi connectivity index (χ4n) is 1.76. The molecule has 5 nitrogen and oxygen atoms in total. The predicted molar refractivity (Wildman–Crippen MR) is 81.4 cm³/mol. The fraction of sp³-hybridized carbons (Fsp3) is 0.467. The molecule has 0 atom stereocenters. The summed E-state index contributed by atoms with van der Waals surface area (Å²) in [6.07, 6.45) is 3.71. The number of furan rings is 1. The van der Waals surface area contributed by atoms with Gasteiger partial charge in [-0.25, -0.2) is 4.79 Å². The first-order valence-corrected chi connectivity index (χ1v) is 7.63. The van der Waals surface area contributed by atoms with Crippen molar-refractivity contribution in [3.8, 4) is 0 Å². The highest BCUT2D eigenvalue weighted by Crippen LogP contribution is 2.18. The second-order valence-corrected chi connectivity index (χ2v) is 6.58. The van der Waals surface area contributed by atoms with Gasteiger partial charge in [0.25, 0.3) is 0 Å². The molecule has 6 heteroatoms. The highest BCUT2D eigenvalue weighted by Gasteiger charge is 2.17. The highest BCUT2D eigenvalue weighted by molar-refractivity contribution is 7.04. The van der Waals surface area contributed by atoms with Crippen molar-refractivity contribution in [1.82, 2.24) is 3.96 Å². The minimum absolute atomic E-state index is 0.0645. The molecule has 2 aromatic heterocycles. The number of aromatic nitrogens is 1. The number of rotatable bonds is 3. The molecule has 0 aliphatic heterocycles. The molecule has 0 saturated carbocycles. The molecule has 0 aromatic carbocycles. The van der Waals surface area contributed by atoms with Gasteiger partial charge < -0.3 is 9.15 Å². The topological polar surface area (TPSA) is 56.7 Å². The molecule has 114 valence electrons.